The maximum absolute atomic E-state index is 9.82. The van der Waals surface area contributed by atoms with Gasteiger partial charge in [-0.1, -0.05) is 40.7 Å². The molecule has 0 aliphatic heterocycles. The van der Waals surface area contributed by atoms with Crippen LogP contribution in [0.4, 0.5) is 0 Å². The van der Waals surface area contributed by atoms with E-state index in [9.17, 15) is 5.11 Å². The predicted molar refractivity (Wildman–Crippen MR) is 54.1 cm³/mol. The second-order valence-corrected chi connectivity index (χ2v) is 3.96. The lowest BCUT2D eigenvalue weighted by Crippen LogP contribution is -2.20. The first-order chi connectivity index (χ1) is 5.50. The van der Waals surface area contributed by atoms with Crippen LogP contribution in [0, 0.1) is 11.8 Å². The minimum Gasteiger partial charge on any atom is -0.388 e. The second-order valence-electron chi connectivity index (χ2n) is 3.96. The number of rotatable bonds is 4. The standard InChI is InChI=1S/C11H22O/c1-6-7-10(8(2)3)11(12)9(4)5/h7-9,11-12H,6H2,1-5H3/b10-7+. The Morgan fingerprint density at radius 3 is 2.00 bits per heavy atom. The molecule has 0 fully saturated rings. The molecule has 0 aliphatic rings. The zero-order valence-electron chi connectivity index (χ0n) is 8.96. The molecule has 72 valence electrons. The zero-order chi connectivity index (χ0) is 9.72. The summed E-state index contributed by atoms with van der Waals surface area (Å²) < 4.78 is 0. The highest BCUT2D eigenvalue weighted by Gasteiger charge is 2.16. The summed E-state index contributed by atoms with van der Waals surface area (Å²) >= 11 is 0. The van der Waals surface area contributed by atoms with E-state index < -0.39 is 0 Å². The predicted octanol–water partition coefficient (Wildman–Crippen LogP) is 3.00. The van der Waals surface area contributed by atoms with Crippen LogP contribution in [0.2, 0.25) is 0 Å². The van der Waals surface area contributed by atoms with E-state index in [-0.39, 0.29) is 6.10 Å². The fourth-order valence-electron chi connectivity index (χ4n) is 1.32. The van der Waals surface area contributed by atoms with Crippen LogP contribution in [-0.4, -0.2) is 11.2 Å². The molecule has 1 nitrogen and oxygen atoms in total. The Bertz CT molecular complexity index is 145. The van der Waals surface area contributed by atoms with Crippen molar-refractivity contribution in [3.8, 4) is 0 Å². The van der Waals surface area contributed by atoms with Crippen molar-refractivity contribution in [2.45, 2.75) is 47.1 Å². The summed E-state index contributed by atoms with van der Waals surface area (Å²) in [6.07, 6.45) is 2.90. The Labute approximate surface area is 76.5 Å². The molecule has 0 saturated heterocycles. The summed E-state index contributed by atoms with van der Waals surface area (Å²) in [5, 5.41) is 9.82. The van der Waals surface area contributed by atoms with Crippen LogP contribution >= 0.6 is 0 Å². The van der Waals surface area contributed by atoms with Crippen molar-refractivity contribution in [1.29, 1.82) is 0 Å². The van der Waals surface area contributed by atoms with Crippen LogP contribution in [0.1, 0.15) is 41.0 Å². The van der Waals surface area contributed by atoms with Gasteiger partial charge in [0.05, 0.1) is 6.10 Å². The number of aliphatic hydroxyl groups excluding tert-OH is 1. The normalized spacial score (nSPS) is 15.8. The Balaban J connectivity index is 4.41. The molecule has 0 aliphatic carbocycles. The van der Waals surface area contributed by atoms with Gasteiger partial charge < -0.3 is 5.11 Å². The molecule has 1 atom stereocenters. The van der Waals surface area contributed by atoms with Gasteiger partial charge in [0.25, 0.3) is 0 Å². The first-order valence-electron chi connectivity index (χ1n) is 4.88. The van der Waals surface area contributed by atoms with Gasteiger partial charge in [-0.2, -0.15) is 0 Å². The minimum absolute atomic E-state index is 0.259. The van der Waals surface area contributed by atoms with Gasteiger partial charge in [0.1, 0.15) is 0 Å². The topological polar surface area (TPSA) is 20.2 Å². The highest BCUT2D eigenvalue weighted by Crippen LogP contribution is 2.20. The lowest BCUT2D eigenvalue weighted by molar-refractivity contribution is 0.150. The first kappa shape index (κ1) is 11.7. The summed E-state index contributed by atoms with van der Waals surface area (Å²) in [6, 6.07) is 0. The van der Waals surface area contributed by atoms with E-state index in [1.165, 1.54) is 5.57 Å². The largest absolute Gasteiger partial charge is 0.388 e. The van der Waals surface area contributed by atoms with Crippen LogP contribution in [0.15, 0.2) is 11.6 Å². The molecule has 1 unspecified atom stereocenters. The molecule has 0 bridgehead atoms. The van der Waals surface area contributed by atoms with Gasteiger partial charge in [-0.25, -0.2) is 0 Å². The van der Waals surface area contributed by atoms with Crippen LogP contribution in [0.3, 0.4) is 0 Å². The average molecular weight is 170 g/mol. The molecule has 0 amide bonds. The number of hydrogen-bond acceptors (Lipinski definition) is 1. The summed E-state index contributed by atoms with van der Waals surface area (Å²) in [7, 11) is 0. The molecular formula is C11H22O. The molecule has 0 spiro atoms. The molecule has 0 saturated carbocycles. The van der Waals surface area contributed by atoms with Crippen LogP contribution < -0.4 is 0 Å². The number of allylic oxidation sites excluding steroid dienone is 1. The molecule has 0 radical (unpaired) electrons. The van der Waals surface area contributed by atoms with Gasteiger partial charge in [0.2, 0.25) is 0 Å². The van der Waals surface area contributed by atoms with E-state index in [1.54, 1.807) is 0 Å². The fraction of sp³-hybridized carbons (Fsp3) is 0.818. The molecule has 1 N–H and O–H groups in total. The van der Waals surface area contributed by atoms with E-state index >= 15 is 0 Å². The quantitative estimate of drug-likeness (QED) is 0.643. The number of hydrogen-bond donors (Lipinski definition) is 1. The summed E-state index contributed by atoms with van der Waals surface area (Å²) in [6.45, 7) is 10.5. The van der Waals surface area contributed by atoms with E-state index in [1.807, 2.05) is 0 Å². The molecular weight excluding hydrogens is 148 g/mol. The molecule has 0 rings (SSSR count). The summed E-state index contributed by atoms with van der Waals surface area (Å²) in [5.41, 5.74) is 1.19. The van der Waals surface area contributed by atoms with Crippen molar-refractivity contribution in [2.24, 2.45) is 11.8 Å². The van der Waals surface area contributed by atoms with Gasteiger partial charge in [0.15, 0.2) is 0 Å². The highest BCUT2D eigenvalue weighted by molar-refractivity contribution is 5.11. The molecule has 0 heterocycles. The van der Waals surface area contributed by atoms with Gasteiger partial charge in [-0.15, -0.1) is 0 Å². The lowest BCUT2D eigenvalue weighted by atomic mass is 9.90. The third-order valence-corrected chi connectivity index (χ3v) is 2.08. The van der Waals surface area contributed by atoms with Crippen molar-refractivity contribution >= 4 is 0 Å². The van der Waals surface area contributed by atoms with Crippen LogP contribution in [0.25, 0.3) is 0 Å². The van der Waals surface area contributed by atoms with Crippen LogP contribution in [-0.2, 0) is 0 Å². The van der Waals surface area contributed by atoms with Gasteiger partial charge in [-0.3, -0.25) is 0 Å². The van der Waals surface area contributed by atoms with Gasteiger partial charge >= 0.3 is 0 Å². The van der Waals surface area contributed by atoms with Crippen molar-refractivity contribution in [3.63, 3.8) is 0 Å². The molecule has 0 aromatic rings. The summed E-state index contributed by atoms with van der Waals surface area (Å²) in [4.78, 5) is 0. The van der Waals surface area contributed by atoms with Crippen LogP contribution in [0.5, 0.6) is 0 Å². The fourth-order valence-corrected chi connectivity index (χ4v) is 1.32. The smallest absolute Gasteiger partial charge is 0.0775 e. The van der Waals surface area contributed by atoms with Crippen molar-refractivity contribution in [1.82, 2.24) is 0 Å². The Hall–Kier alpha value is -0.300. The van der Waals surface area contributed by atoms with E-state index in [0.29, 0.717) is 11.8 Å². The van der Waals surface area contributed by atoms with Crippen molar-refractivity contribution in [2.75, 3.05) is 0 Å². The van der Waals surface area contributed by atoms with Crippen molar-refractivity contribution < 1.29 is 5.11 Å². The lowest BCUT2D eigenvalue weighted by Gasteiger charge is -2.21. The van der Waals surface area contributed by atoms with Gasteiger partial charge in [0, 0.05) is 0 Å². The zero-order valence-corrected chi connectivity index (χ0v) is 8.96. The van der Waals surface area contributed by atoms with Crippen molar-refractivity contribution in [3.05, 3.63) is 11.6 Å². The maximum Gasteiger partial charge on any atom is 0.0775 e. The Morgan fingerprint density at radius 1 is 1.25 bits per heavy atom. The van der Waals surface area contributed by atoms with E-state index in [4.69, 9.17) is 0 Å². The Morgan fingerprint density at radius 2 is 1.75 bits per heavy atom. The van der Waals surface area contributed by atoms with Gasteiger partial charge in [-0.05, 0) is 23.8 Å². The average Bonchev–Trinajstić information content (AvgIpc) is 1.98. The molecule has 1 heteroatoms. The SMILES string of the molecule is CC/C=C(\C(C)C)C(O)C(C)C. The minimum atomic E-state index is -0.259. The third-order valence-electron chi connectivity index (χ3n) is 2.08. The third kappa shape index (κ3) is 3.40. The van der Waals surface area contributed by atoms with E-state index in [2.05, 4.69) is 40.7 Å². The monoisotopic (exact) mass is 170 g/mol. The second kappa shape index (κ2) is 5.36. The van der Waals surface area contributed by atoms with E-state index in [0.717, 1.165) is 6.42 Å². The Kier molecular flexibility index (Phi) is 5.23. The molecule has 0 aromatic carbocycles. The highest BCUT2D eigenvalue weighted by atomic mass is 16.3. The molecule has 0 aromatic heterocycles. The first-order valence-corrected chi connectivity index (χ1v) is 4.88. The maximum atomic E-state index is 9.82. The summed E-state index contributed by atoms with van der Waals surface area (Å²) in [5.74, 6) is 0.785. The number of aliphatic hydroxyl groups is 1. The molecule has 12 heavy (non-hydrogen) atoms.